The zero-order chi connectivity index (χ0) is 9.42. The van der Waals surface area contributed by atoms with Gasteiger partial charge in [0.2, 0.25) is 0 Å². The number of hydrogen-bond acceptors (Lipinski definition) is 0. The molecular weight excluding hydrogens is 271 g/mol. The maximum Gasteiger partial charge on any atom is 0.0165 e. The molecule has 0 amide bonds. The molecule has 0 radical (unpaired) electrons. The fourth-order valence-electron chi connectivity index (χ4n) is 1.58. The molecule has 2 rings (SSSR count). The Labute approximate surface area is 92.1 Å². The van der Waals surface area contributed by atoms with Gasteiger partial charge in [0.25, 0.3) is 0 Å². The summed E-state index contributed by atoms with van der Waals surface area (Å²) in [6.45, 7) is 4.31. The molecule has 2 aromatic carbocycles. The zero-order valence-electron chi connectivity index (χ0n) is 7.76. The Morgan fingerprint density at radius 2 is 1.77 bits per heavy atom. The van der Waals surface area contributed by atoms with Crippen LogP contribution in [0.25, 0.3) is 10.8 Å². The predicted octanol–water partition coefficient (Wildman–Crippen LogP) is 4.06. The van der Waals surface area contributed by atoms with Gasteiger partial charge in [0.1, 0.15) is 0 Å². The number of fused-ring (bicyclic) bond motifs is 1. The molecule has 0 nitrogen and oxygen atoms in total. The van der Waals surface area contributed by atoms with E-state index in [0.29, 0.717) is 0 Å². The van der Waals surface area contributed by atoms with Gasteiger partial charge in [-0.15, -0.1) is 0 Å². The molecule has 0 fully saturated rings. The first-order chi connectivity index (χ1) is 6.18. The van der Waals surface area contributed by atoms with Crippen molar-refractivity contribution < 1.29 is 0 Å². The van der Waals surface area contributed by atoms with E-state index < -0.39 is 0 Å². The minimum absolute atomic E-state index is 1.33. The van der Waals surface area contributed by atoms with Crippen molar-refractivity contribution in [1.82, 2.24) is 0 Å². The summed E-state index contributed by atoms with van der Waals surface area (Å²) in [5, 5.41) is 2.72. The van der Waals surface area contributed by atoms with Gasteiger partial charge in [-0.2, -0.15) is 0 Å². The maximum absolute atomic E-state index is 2.38. The SMILES string of the molecule is Cc1ccc2c(C)c(I)ccc2c1. The predicted molar refractivity (Wildman–Crippen MR) is 66.1 cm³/mol. The number of aryl methyl sites for hydroxylation is 2. The van der Waals surface area contributed by atoms with Crippen LogP contribution in [0, 0.1) is 17.4 Å². The lowest BCUT2D eigenvalue weighted by atomic mass is 10.0. The topological polar surface area (TPSA) is 0 Å². The molecule has 0 saturated carbocycles. The van der Waals surface area contributed by atoms with Crippen LogP contribution < -0.4 is 0 Å². The van der Waals surface area contributed by atoms with E-state index >= 15 is 0 Å². The van der Waals surface area contributed by atoms with Crippen molar-refractivity contribution in [1.29, 1.82) is 0 Å². The Kier molecular flexibility index (Phi) is 2.28. The second-order valence-electron chi connectivity index (χ2n) is 3.40. The van der Waals surface area contributed by atoms with Crippen molar-refractivity contribution in [2.24, 2.45) is 0 Å². The smallest absolute Gasteiger partial charge is 0.0165 e. The molecule has 0 saturated heterocycles. The monoisotopic (exact) mass is 282 g/mol. The summed E-state index contributed by atoms with van der Waals surface area (Å²) in [4.78, 5) is 0. The molecule has 0 aliphatic carbocycles. The van der Waals surface area contributed by atoms with Gasteiger partial charge >= 0.3 is 0 Å². The normalized spacial score (nSPS) is 10.7. The van der Waals surface area contributed by atoms with Gasteiger partial charge in [-0.1, -0.05) is 29.8 Å². The molecule has 13 heavy (non-hydrogen) atoms. The Morgan fingerprint density at radius 3 is 2.54 bits per heavy atom. The first-order valence-electron chi connectivity index (χ1n) is 4.34. The largest absolute Gasteiger partial charge is 0.0587 e. The summed E-state index contributed by atoms with van der Waals surface area (Å²) < 4.78 is 1.34. The maximum atomic E-state index is 2.38. The summed E-state index contributed by atoms with van der Waals surface area (Å²) in [6, 6.07) is 11.0. The summed E-state index contributed by atoms with van der Waals surface area (Å²) in [5.41, 5.74) is 2.71. The van der Waals surface area contributed by atoms with Crippen molar-refractivity contribution in [3.63, 3.8) is 0 Å². The lowest BCUT2D eigenvalue weighted by molar-refractivity contribution is 1.45. The van der Waals surface area contributed by atoms with Crippen molar-refractivity contribution in [3.8, 4) is 0 Å². The third-order valence-electron chi connectivity index (χ3n) is 2.38. The van der Waals surface area contributed by atoms with Crippen LogP contribution in [0.1, 0.15) is 11.1 Å². The molecule has 0 spiro atoms. The van der Waals surface area contributed by atoms with Gasteiger partial charge in [-0.05, 0) is 58.8 Å². The molecule has 0 aliphatic heterocycles. The molecule has 66 valence electrons. The fourth-order valence-corrected chi connectivity index (χ4v) is 2.05. The van der Waals surface area contributed by atoms with Crippen LogP contribution >= 0.6 is 22.6 Å². The van der Waals surface area contributed by atoms with E-state index in [9.17, 15) is 0 Å². The number of rotatable bonds is 0. The van der Waals surface area contributed by atoms with Crippen LogP contribution in [0.5, 0.6) is 0 Å². The van der Waals surface area contributed by atoms with E-state index in [2.05, 4.69) is 66.8 Å². The molecule has 1 heteroatoms. The second kappa shape index (κ2) is 3.29. The molecule has 0 atom stereocenters. The summed E-state index contributed by atoms with van der Waals surface area (Å²) in [5.74, 6) is 0. The first-order valence-corrected chi connectivity index (χ1v) is 5.42. The first kappa shape index (κ1) is 9.00. The lowest BCUT2D eigenvalue weighted by Gasteiger charge is -2.04. The summed E-state index contributed by atoms with van der Waals surface area (Å²) >= 11 is 2.38. The van der Waals surface area contributed by atoms with Crippen LogP contribution in [0.3, 0.4) is 0 Å². The Balaban J connectivity index is 2.87. The standard InChI is InChI=1S/C12H11I/c1-8-3-5-11-9(2)12(13)6-4-10(11)7-8/h3-7H,1-2H3. The van der Waals surface area contributed by atoms with E-state index in [-0.39, 0.29) is 0 Å². The van der Waals surface area contributed by atoms with Crippen LogP contribution in [-0.4, -0.2) is 0 Å². The van der Waals surface area contributed by atoms with E-state index in [1.807, 2.05) is 0 Å². The molecule has 2 aromatic rings. The Bertz CT molecular complexity index is 458. The number of hydrogen-bond donors (Lipinski definition) is 0. The zero-order valence-corrected chi connectivity index (χ0v) is 9.92. The van der Waals surface area contributed by atoms with Crippen LogP contribution in [0.15, 0.2) is 30.3 Å². The lowest BCUT2D eigenvalue weighted by Crippen LogP contribution is -1.83. The van der Waals surface area contributed by atoms with E-state index in [4.69, 9.17) is 0 Å². The molecule has 0 aromatic heterocycles. The quantitative estimate of drug-likeness (QED) is 0.639. The highest BCUT2D eigenvalue weighted by Crippen LogP contribution is 2.23. The van der Waals surface area contributed by atoms with E-state index in [1.54, 1.807) is 0 Å². The molecule has 0 bridgehead atoms. The number of benzene rings is 2. The van der Waals surface area contributed by atoms with Gasteiger partial charge in [-0.25, -0.2) is 0 Å². The van der Waals surface area contributed by atoms with Gasteiger partial charge in [0.15, 0.2) is 0 Å². The summed E-state index contributed by atoms with van der Waals surface area (Å²) in [6.07, 6.45) is 0. The molecule has 0 unspecified atom stereocenters. The fraction of sp³-hybridized carbons (Fsp3) is 0.167. The molecule has 0 N–H and O–H groups in total. The second-order valence-corrected chi connectivity index (χ2v) is 4.56. The van der Waals surface area contributed by atoms with Crippen molar-refractivity contribution in [3.05, 3.63) is 45.0 Å². The molecule has 0 aliphatic rings. The minimum Gasteiger partial charge on any atom is -0.0587 e. The van der Waals surface area contributed by atoms with E-state index in [0.717, 1.165) is 0 Å². The molecular formula is C12H11I. The van der Waals surface area contributed by atoms with Gasteiger partial charge in [-0.3, -0.25) is 0 Å². The van der Waals surface area contributed by atoms with Gasteiger partial charge in [0, 0.05) is 3.57 Å². The summed E-state index contributed by atoms with van der Waals surface area (Å²) in [7, 11) is 0. The van der Waals surface area contributed by atoms with Crippen molar-refractivity contribution in [2.45, 2.75) is 13.8 Å². The van der Waals surface area contributed by atoms with Crippen LogP contribution in [0.4, 0.5) is 0 Å². The highest BCUT2D eigenvalue weighted by atomic mass is 127. The van der Waals surface area contributed by atoms with Gasteiger partial charge < -0.3 is 0 Å². The minimum atomic E-state index is 1.33. The third-order valence-corrected chi connectivity index (χ3v) is 3.55. The van der Waals surface area contributed by atoms with Crippen molar-refractivity contribution in [2.75, 3.05) is 0 Å². The number of halogens is 1. The average molecular weight is 282 g/mol. The highest BCUT2D eigenvalue weighted by Gasteiger charge is 2.00. The van der Waals surface area contributed by atoms with Crippen LogP contribution in [-0.2, 0) is 0 Å². The van der Waals surface area contributed by atoms with Crippen molar-refractivity contribution >= 4 is 33.4 Å². The third kappa shape index (κ3) is 1.57. The Morgan fingerprint density at radius 1 is 1.00 bits per heavy atom. The average Bonchev–Trinajstić information content (AvgIpc) is 2.12. The highest BCUT2D eigenvalue weighted by molar-refractivity contribution is 14.1. The van der Waals surface area contributed by atoms with Crippen LogP contribution in [0.2, 0.25) is 0 Å². The molecule has 0 heterocycles. The Hall–Kier alpha value is -0.570. The van der Waals surface area contributed by atoms with E-state index in [1.165, 1.54) is 25.5 Å². The van der Waals surface area contributed by atoms with Gasteiger partial charge in [0.05, 0.1) is 0 Å².